The standard InChI is InChI=1S/C15H26N4O4/c1-14(2,3)11(17-18-16)12(20)19-8-9(23-15(4,5)6)7-10(19)13(21)22/h9-11H,7-8H2,1-6H3,(H,21,22)/t9-,10+,11-/m1/s1. The number of likely N-dealkylation sites (tertiary alicyclic amines) is 1. The first-order valence-electron chi connectivity index (χ1n) is 7.62. The lowest BCUT2D eigenvalue weighted by Gasteiger charge is -2.31. The van der Waals surface area contributed by atoms with Gasteiger partial charge in [0.05, 0.1) is 11.7 Å². The number of hydrogen-bond donors (Lipinski definition) is 1. The number of nitrogens with zero attached hydrogens (tertiary/aromatic N) is 4. The second-order valence-corrected chi connectivity index (χ2v) is 7.91. The summed E-state index contributed by atoms with van der Waals surface area (Å²) in [6.45, 7) is 11.2. The molecule has 1 aliphatic rings. The van der Waals surface area contributed by atoms with Crippen molar-refractivity contribution in [2.24, 2.45) is 10.5 Å². The van der Waals surface area contributed by atoms with E-state index in [1.54, 1.807) is 20.8 Å². The molecule has 0 aromatic carbocycles. The number of rotatable bonds is 4. The average Bonchev–Trinajstić information content (AvgIpc) is 2.75. The minimum atomic E-state index is -1.08. The molecule has 0 aromatic heterocycles. The Kier molecular flexibility index (Phi) is 5.66. The number of amides is 1. The van der Waals surface area contributed by atoms with Gasteiger partial charge in [-0.15, -0.1) is 0 Å². The third kappa shape index (κ3) is 5.11. The molecule has 23 heavy (non-hydrogen) atoms. The third-order valence-corrected chi connectivity index (χ3v) is 3.57. The van der Waals surface area contributed by atoms with Gasteiger partial charge in [0.15, 0.2) is 0 Å². The number of carbonyl (C=O) groups excluding carboxylic acids is 1. The van der Waals surface area contributed by atoms with Crippen LogP contribution in [0.4, 0.5) is 0 Å². The summed E-state index contributed by atoms with van der Waals surface area (Å²) in [5.74, 6) is -1.55. The number of carboxylic acid groups (broad SMARTS) is 1. The molecule has 0 saturated carbocycles. The molecule has 130 valence electrons. The molecule has 0 aliphatic carbocycles. The molecule has 0 radical (unpaired) electrons. The highest BCUT2D eigenvalue weighted by Crippen LogP contribution is 2.30. The van der Waals surface area contributed by atoms with Crippen LogP contribution in [0.2, 0.25) is 0 Å². The van der Waals surface area contributed by atoms with Crippen LogP contribution in [-0.2, 0) is 14.3 Å². The zero-order valence-electron chi connectivity index (χ0n) is 14.6. The van der Waals surface area contributed by atoms with Gasteiger partial charge in [0.1, 0.15) is 12.1 Å². The number of hydrogen-bond acceptors (Lipinski definition) is 4. The second-order valence-electron chi connectivity index (χ2n) is 7.91. The van der Waals surface area contributed by atoms with Crippen molar-refractivity contribution in [3.8, 4) is 0 Å². The zero-order valence-corrected chi connectivity index (χ0v) is 14.6. The molecule has 1 fully saturated rings. The van der Waals surface area contributed by atoms with E-state index in [9.17, 15) is 14.7 Å². The number of ether oxygens (including phenoxy) is 1. The lowest BCUT2D eigenvalue weighted by atomic mass is 9.86. The van der Waals surface area contributed by atoms with E-state index in [0.717, 1.165) is 0 Å². The molecule has 1 saturated heterocycles. The first-order valence-corrected chi connectivity index (χ1v) is 7.62. The van der Waals surface area contributed by atoms with Gasteiger partial charge in [0, 0.05) is 17.9 Å². The highest BCUT2D eigenvalue weighted by molar-refractivity contribution is 5.88. The molecule has 0 bridgehead atoms. The van der Waals surface area contributed by atoms with Crippen LogP contribution in [0.15, 0.2) is 5.11 Å². The predicted octanol–water partition coefficient (Wildman–Crippen LogP) is 2.58. The molecule has 8 nitrogen and oxygen atoms in total. The van der Waals surface area contributed by atoms with Gasteiger partial charge in [-0.25, -0.2) is 4.79 Å². The summed E-state index contributed by atoms with van der Waals surface area (Å²) in [4.78, 5) is 28.3. The van der Waals surface area contributed by atoms with E-state index in [2.05, 4.69) is 10.0 Å². The zero-order chi connectivity index (χ0) is 18.0. The Morgan fingerprint density at radius 2 is 1.87 bits per heavy atom. The summed E-state index contributed by atoms with van der Waals surface area (Å²) < 4.78 is 5.82. The van der Waals surface area contributed by atoms with Crippen LogP contribution in [0.3, 0.4) is 0 Å². The summed E-state index contributed by atoms with van der Waals surface area (Å²) >= 11 is 0. The minimum absolute atomic E-state index is 0.181. The molecular formula is C15H26N4O4. The van der Waals surface area contributed by atoms with Gasteiger partial charge in [-0.3, -0.25) is 4.79 Å². The largest absolute Gasteiger partial charge is 0.480 e. The van der Waals surface area contributed by atoms with Gasteiger partial charge in [-0.05, 0) is 31.7 Å². The highest BCUT2D eigenvalue weighted by atomic mass is 16.5. The van der Waals surface area contributed by atoms with Crippen LogP contribution >= 0.6 is 0 Å². The van der Waals surface area contributed by atoms with Crippen molar-refractivity contribution < 1.29 is 19.4 Å². The maximum Gasteiger partial charge on any atom is 0.326 e. The van der Waals surface area contributed by atoms with Crippen molar-refractivity contribution in [3.63, 3.8) is 0 Å². The number of carboxylic acids is 1. The Labute approximate surface area is 136 Å². The Balaban J connectivity index is 3.04. The van der Waals surface area contributed by atoms with Crippen molar-refractivity contribution in [2.75, 3.05) is 6.54 Å². The molecule has 0 aromatic rings. The first-order chi connectivity index (χ1) is 10.4. The van der Waals surface area contributed by atoms with Crippen molar-refractivity contribution in [1.29, 1.82) is 0 Å². The van der Waals surface area contributed by atoms with Crippen molar-refractivity contribution in [1.82, 2.24) is 4.90 Å². The molecule has 1 heterocycles. The Hall–Kier alpha value is -1.79. The normalized spacial score (nSPS) is 23.3. The van der Waals surface area contributed by atoms with Crippen LogP contribution in [0.25, 0.3) is 10.4 Å². The van der Waals surface area contributed by atoms with Gasteiger partial charge >= 0.3 is 5.97 Å². The van der Waals surface area contributed by atoms with Crippen molar-refractivity contribution in [3.05, 3.63) is 10.4 Å². The van der Waals surface area contributed by atoms with E-state index in [1.165, 1.54) is 4.90 Å². The van der Waals surface area contributed by atoms with Crippen molar-refractivity contribution >= 4 is 11.9 Å². The fraction of sp³-hybridized carbons (Fsp3) is 0.867. The van der Waals surface area contributed by atoms with E-state index in [1.807, 2.05) is 20.8 Å². The molecule has 1 amide bonds. The summed E-state index contributed by atoms with van der Waals surface area (Å²) in [5.41, 5.74) is 7.69. The highest BCUT2D eigenvalue weighted by Gasteiger charge is 2.45. The number of carbonyl (C=O) groups is 2. The van der Waals surface area contributed by atoms with E-state index in [0.29, 0.717) is 0 Å². The molecule has 3 atom stereocenters. The lowest BCUT2D eigenvalue weighted by Crippen LogP contribution is -2.48. The average molecular weight is 326 g/mol. The van der Waals surface area contributed by atoms with Gasteiger partial charge in [0.2, 0.25) is 5.91 Å². The molecule has 0 unspecified atom stereocenters. The first kappa shape index (κ1) is 19.3. The fourth-order valence-corrected chi connectivity index (χ4v) is 2.66. The quantitative estimate of drug-likeness (QED) is 0.485. The van der Waals surface area contributed by atoms with E-state index in [4.69, 9.17) is 10.3 Å². The maximum absolute atomic E-state index is 12.8. The summed E-state index contributed by atoms with van der Waals surface area (Å²) in [5, 5.41) is 13.0. The maximum atomic E-state index is 12.8. The van der Waals surface area contributed by atoms with Crippen LogP contribution in [-0.4, -0.2) is 52.2 Å². The molecule has 1 rings (SSSR count). The van der Waals surface area contributed by atoms with Gasteiger partial charge in [0.25, 0.3) is 0 Å². The molecule has 8 heteroatoms. The van der Waals surface area contributed by atoms with Crippen LogP contribution < -0.4 is 0 Å². The molecule has 1 N–H and O–H groups in total. The van der Waals surface area contributed by atoms with E-state index in [-0.39, 0.29) is 19.1 Å². The van der Waals surface area contributed by atoms with Crippen molar-refractivity contribution in [2.45, 2.75) is 71.8 Å². The summed E-state index contributed by atoms with van der Waals surface area (Å²) in [6.07, 6.45) is -0.127. The number of azide groups is 1. The Morgan fingerprint density at radius 3 is 2.26 bits per heavy atom. The third-order valence-electron chi connectivity index (χ3n) is 3.57. The van der Waals surface area contributed by atoms with Gasteiger partial charge in [-0.2, -0.15) is 0 Å². The van der Waals surface area contributed by atoms with E-state index >= 15 is 0 Å². The smallest absolute Gasteiger partial charge is 0.326 e. The molecular weight excluding hydrogens is 300 g/mol. The molecule has 0 spiro atoms. The van der Waals surface area contributed by atoms with Gasteiger partial charge in [-0.1, -0.05) is 25.9 Å². The minimum Gasteiger partial charge on any atom is -0.480 e. The van der Waals surface area contributed by atoms with Crippen LogP contribution in [0, 0.1) is 5.41 Å². The number of aliphatic carboxylic acids is 1. The SMILES string of the molecule is CC(C)(C)O[C@@H]1C[C@@H](C(=O)O)N(C(=O)[C@@H](N=[N+]=[N-])C(C)(C)C)C1. The van der Waals surface area contributed by atoms with Gasteiger partial charge < -0.3 is 14.7 Å². The lowest BCUT2D eigenvalue weighted by molar-refractivity contribution is -0.149. The Bertz CT molecular complexity index is 515. The summed E-state index contributed by atoms with van der Waals surface area (Å²) in [7, 11) is 0. The predicted molar refractivity (Wildman–Crippen MR) is 84.8 cm³/mol. The van der Waals surface area contributed by atoms with E-state index < -0.39 is 35.0 Å². The van der Waals surface area contributed by atoms with Crippen LogP contribution in [0.1, 0.15) is 48.0 Å². The Morgan fingerprint density at radius 1 is 1.30 bits per heavy atom. The monoisotopic (exact) mass is 326 g/mol. The van der Waals surface area contributed by atoms with Crippen LogP contribution in [0.5, 0.6) is 0 Å². The summed E-state index contributed by atoms with van der Waals surface area (Å²) in [6, 6.07) is -1.92. The fourth-order valence-electron chi connectivity index (χ4n) is 2.66. The topological polar surface area (TPSA) is 116 Å². The second kappa shape index (κ2) is 6.76. The molecule has 1 aliphatic heterocycles.